The molecule has 194 valence electrons. The average molecular weight is 515 g/mol. The number of hydrogen-bond donors (Lipinski definition) is 2. The average Bonchev–Trinajstić information content (AvgIpc) is 2.84. The van der Waals surface area contributed by atoms with E-state index >= 15 is 0 Å². The van der Waals surface area contributed by atoms with E-state index in [-0.39, 0.29) is 24.7 Å². The molecule has 0 aromatic heterocycles. The van der Waals surface area contributed by atoms with Crippen LogP contribution in [0.15, 0.2) is 48.5 Å². The Balaban J connectivity index is 1.83. The molecule has 0 spiro atoms. The molecule has 0 bridgehead atoms. The smallest absolute Gasteiger partial charge is 0.303 e. The fourth-order valence-corrected chi connectivity index (χ4v) is 3.55. The Bertz CT molecular complexity index is 1030. The number of carboxylic acid groups (broad SMARTS) is 1. The lowest BCUT2D eigenvalue weighted by Gasteiger charge is -2.14. The molecule has 0 atom stereocenters. The number of carboxylic acids is 1. The van der Waals surface area contributed by atoms with Gasteiger partial charge in [0.25, 0.3) is 0 Å². The number of amides is 2. The second-order valence-corrected chi connectivity index (χ2v) is 9.14. The number of nitrogens with zero attached hydrogens (tertiary/aromatic N) is 1. The van der Waals surface area contributed by atoms with Crippen molar-refractivity contribution >= 4 is 41.1 Å². The minimum Gasteiger partial charge on any atom is -0.493 e. The highest BCUT2D eigenvalue weighted by molar-refractivity contribution is 6.30. The van der Waals surface area contributed by atoms with Gasteiger partial charge in [0.1, 0.15) is 5.75 Å². The van der Waals surface area contributed by atoms with E-state index in [2.05, 4.69) is 17.5 Å². The van der Waals surface area contributed by atoms with Crippen molar-refractivity contribution < 1.29 is 24.2 Å². The third-order valence-corrected chi connectivity index (χ3v) is 5.70. The van der Waals surface area contributed by atoms with Crippen LogP contribution in [0.5, 0.6) is 5.75 Å². The molecule has 0 heterocycles. The van der Waals surface area contributed by atoms with Gasteiger partial charge in [0.2, 0.25) is 11.8 Å². The molecule has 2 amide bonds. The Morgan fingerprint density at radius 2 is 1.75 bits per heavy atom. The van der Waals surface area contributed by atoms with Crippen LogP contribution in [0.2, 0.25) is 5.02 Å². The number of ether oxygens (including phenoxy) is 1. The van der Waals surface area contributed by atoms with Crippen molar-refractivity contribution in [2.75, 3.05) is 26.0 Å². The van der Waals surface area contributed by atoms with Gasteiger partial charge >= 0.3 is 5.97 Å². The molecule has 36 heavy (non-hydrogen) atoms. The van der Waals surface area contributed by atoms with Gasteiger partial charge in [0.05, 0.1) is 6.61 Å². The molecule has 0 saturated carbocycles. The molecule has 0 saturated heterocycles. The van der Waals surface area contributed by atoms with Crippen LogP contribution in [-0.2, 0) is 20.8 Å². The summed E-state index contributed by atoms with van der Waals surface area (Å²) < 4.78 is 5.93. The minimum atomic E-state index is -0.895. The molecule has 0 radical (unpaired) electrons. The van der Waals surface area contributed by atoms with Gasteiger partial charge in [-0.15, -0.1) is 0 Å². The van der Waals surface area contributed by atoms with Crippen LogP contribution in [0.1, 0.15) is 56.1 Å². The lowest BCUT2D eigenvalue weighted by Crippen LogP contribution is -2.21. The Morgan fingerprint density at radius 3 is 2.44 bits per heavy atom. The Hall–Kier alpha value is -3.32. The van der Waals surface area contributed by atoms with E-state index in [1.807, 2.05) is 24.3 Å². The van der Waals surface area contributed by atoms with Gasteiger partial charge in [-0.2, -0.15) is 0 Å². The van der Waals surface area contributed by atoms with Crippen LogP contribution in [-0.4, -0.2) is 48.5 Å². The highest BCUT2D eigenvalue weighted by Crippen LogP contribution is 2.25. The number of halogens is 1. The van der Waals surface area contributed by atoms with Crippen LogP contribution >= 0.6 is 11.6 Å². The third-order valence-electron chi connectivity index (χ3n) is 5.45. The molecular weight excluding hydrogens is 480 g/mol. The normalized spacial score (nSPS) is 10.9. The number of carbonyl (C=O) groups is 3. The lowest BCUT2D eigenvalue weighted by molar-refractivity contribution is -0.137. The number of aliphatic carboxylic acids is 1. The monoisotopic (exact) mass is 514 g/mol. The maximum absolute atomic E-state index is 12.3. The highest BCUT2D eigenvalue weighted by Gasteiger charge is 2.11. The maximum atomic E-state index is 12.3. The minimum absolute atomic E-state index is 0.0159. The van der Waals surface area contributed by atoms with Crippen molar-refractivity contribution in [1.29, 1.82) is 0 Å². The zero-order valence-electron chi connectivity index (χ0n) is 21.0. The van der Waals surface area contributed by atoms with Crippen LogP contribution in [0.4, 0.5) is 5.69 Å². The number of allylic oxidation sites excluding steroid dienone is 1. The van der Waals surface area contributed by atoms with Crippen LogP contribution in [0.3, 0.4) is 0 Å². The fraction of sp³-hybridized carbons (Fsp3) is 0.393. The third kappa shape index (κ3) is 11.4. The largest absolute Gasteiger partial charge is 0.493 e. The number of nitrogens with one attached hydrogen (secondary N) is 1. The Kier molecular flexibility index (Phi) is 12.6. The van der Waals surface area contributed by atoms with Crippen LogP contribution in [0.25, 0.3) is 6.08 Å². The fourth-order valence-electron chi connectivity index (χ4n) is 3.42. The zero-order valence-corrected chi connectivity index (χ0v) is 21.7. The van der Waals surface area contributed by atoms with E-state index in [1.165, 1.54) is 4.90 Å². The summed E-state index contributed by atoms with van der Waals surface area (Å²) in [6, 6.07) is 12.9. The summed E-state index contributed by atoms with van der Waals surface area (Å²) in [4.78, 5) is 36.5. The molecule has 2 N–H and O–H groups in total. The molecule has 8 heteroatoms. The maximum Gasteiger partial charge on any atom is 0.303 e. The van der Waals surface area contributed by atoms with E-state index < -0.39 is 5.97 Å². The zero-order chi connectivity index (χ0) is 26.3. The van der Waals surface area contributed by atoms with E-state index in [0.717, 1.165) is 35.4 Å². The Morgan fingerprint density at radius 1 is 1.00 bits per heavy atom. The van der Waals surface area contributed by atoms with Gasteiger partial charge in [-0.1, -0.05) is 35.9 Å². The van der Waals surface area contributed by atoms with Crippen LogP contribution < -0.4 is 10.1 Å². The van der Waals surface area contributed by atoms with Crippen molar-refractivity contribution in [3.63, 3.8) is 0 Å². The van der Waals surface area contributed by atoms with Crippen molar-refractivity contribution in [2.24, 2.45) is 0 Å². The van der Waals surface area contributed by atoms with E-state index in [0.29, 0.717) is 37.3 Å². The second kappa shape index (κ2) is 15.6. The number of carbonyl (C=O) groups excluding carboxylic acids is 2. The van der Waals surface area contributed by atoms with Gasteiger partial charge in [-0.3, -0.25) is 14.4 Å². The van der Waals surface area contributed by atoms with Gasteiger partial charge in [-0.05, 0) is 73.6 Å². The first-order valence-electron chi connectivity index (χ1n) is 12.1. The first-order chi connectivity index (χ1) is 17.2. The van der Waals surface area contributed by atoms with Gasteiger partial charge in [-0.25, -0.2) is 0 Å². The lowest BCUT2D eigenvalue weighted by atomic mass is 10.1. The summed E-state index contributed by atoms with van der Waals surface area (Å²) in [7, 11) is 3.37. The summed E-state index contributed by atoms with van der Waals surface area (Å²) >= 11 is 5.90. The van der Waals surface area contributed by atoms with E-state index in [9.17, 15) is 14.4 Å². The second-order valence-electron chi connectivity index (χ2n) is 8.70. The summed E-state index contributed by atoms with van der Waals surface area (Å²) in [5.74, 6) is -0.472. The van der Waals surface area contributed by atoms with Gasteiger partial charge in [0.15, 0.2) is 0 Å². The molecule has 0 aliphatic rings. The Labute approximate surface area is 218 Å². The van der Waals surface area contributed by atoms with Crippen LogP contribution in [0, 0.1) is 0 Å². The molecule has 0 aliphatic heterocycles. The molecule has 0 fully saturated rings. The SMILES string of the molecule is CN(C)C(=O)CCCC(=O)Nc1ccc(OCCCCC=Cc2ccc(Cl)cc2)c(CCC(=O)O)c1. The predicted molar refractivity (Wildman–Crippen MR) is 143 cm³/mol. The molecular formula is C28H35ClN2O5. The quantitative estimate of drug-likeness (QED) is 0.292. The number of rotatable bonds is 15. The van der Waals surface area contributed by atoms with Crippen molar-refractivity contribution in [3.8, 4) is 5.75 Å². The molecule has 2 aromatic carbocycles. The molecule has 2 aromatic rings. The number of aryl methyl sites for hydroxylation is 1. The first-order valence-corrected chi connectivity index (χ1v) is 12.5. The van der Waals surface area contributed by atoms with Crippen molar-refractivity contribution in [1.82, 2.24) is 4.90 Å². The summed E-state index contributed by atoms with van der Waals surface area (Å²) in [5, 5.41) is 12.6. The summed E-state index contributed by atoms with van der Waals surface area (Å²) in [5.41, 5.74) is 2.42. The molecule has 0 unspecified atom stereocenters. The predicted octanol–water partition coefficient (Wildman–Crippen LogP) is 5.82. The summed E-state index contributed by atoms with van der Waals surface area (Å²) in [6.07, 6.45) is 8.19. The van der Waals surface area contributed by atoms with E-state index in [4.69, 9.17) is 21.4 Å². The highest BCUT2D eigenvalue weighted by atomic mass is 35.5. The first kappa shape index (κ1) is 28.9. The standard InChI is InChI=1S/C28H35ClN2O5/c1-31(2)27(33)10-7-9-26(32)30-24-16-17-25(22(20-24)13-18-28(34)35)36-19-6-4-3-5-8-21-11-14-23(29)15-12-21/h5,8,11-12,14-17,20H,3-4,6-7,9-10,13,18-19H2,1-2H3,(H,30,32)(H,34,35). The number of benzene rings is 2. The van der Waals surface area contributed by atoms with Gasteiger partial charge < -0.3 is 20.1 Å². The number of hydrogen-bond acceptors (Lipinski definition) is 4. The van der Waals surface area contributed by atoms with Gasteiger partial charge in [0, 0.05) is 44.1 Å². The summed E-state index contributed by atoms with van der Waals surface area (Å²) in [6.45, 7) is 0.514. The van der Waals surface area contributed by atoms with Crippen molar-refractivity contribution in [3.05, 3.63) is 64.7 Å². The molecule has 2 rings (SSSR count). The van der Waals surface area contributed by atoms with E-state index in [1.54, 1.807) is 32.3 Å². The topological polar surface area (TPSA) is 95.9 Å². The number of unbranched alkanes of at least 4 members (excludes halogenated alkanes) is 2. The van der Waals surface area contributed by atoms with Crippen molar-refractivity contribution in [2.45, 2.75) is 51.4 Å². The number of anilines is 1. The molecule has 0 aliphatic carbocycles. The molecule has 7 nitrogen and oxygen atoms in total.